The minimum absolute atomic E-state index is 0.0531. The van der Waals surface area contributed by atoms with Crippen molar-refractivity contribution in [2.75, 3.05) is 14.2 Å². The maximum absolute atomic E-state index is 13.2. The molecule has 0 N–H and O–H groups in total. The van der Waals surface area contributed by atoms with Crippen LogP contribution >= 0.6 is 15.9 Å². The Bertz CT molecular complexity index is 404. The van der Waals surface area contributed by atoms with Gasteiger partial charge < -0.3 is 9.47 Å². The lowest BCUT2D eigenvalue weighted by molar-refractivity contribution is 0.0554. The molecule has 0 fully saturated rings. The van der Waals surface area contributed by atoms with E-state index < -0.39 is 17.8 Å². The molecule has 0 saturated heterocycles. The Kier molecular flexibility index (Phi) is 4.00. The topological polar surface area (TPSA) is 52.6 Å². The van der Waals surface area contributed by atoms with Crippen LogP contribution in [-0.4, -0.2) is 26.2 Å². The molecule has 0 amide bonds. The zero-order valence-corrected chi connectivity index (χ0v) is 10.1. The fourth-order valence-corrected chi connectivity index (χ4v) is 1.45. The van der Waals surface area contributed by atoms with Crippen molar-refractivity contribution in [2.45, 2.75) is 0 Å². The highest BCUT2D eigenvalue weighted by Gasteiger charge is 2.20. The molecule has 0 aliphatic heterocycles. The normalized spacial score (nSPS) is 9.75. The van der Waals surface area contributed by atoms with Gasteiger partial charge in [0.2, 0.25) is 0 Å². The number of esters is 2. The van der Waals surface area contributed by atoms with E-state index >= 15 is 0 Å². The minimum Gasteiger partial charge on any atom is -0.465 e. The van der Waals surface area contributed by atoms with Gasteiger partial charge in [-0.25, -0.2) is 14.0 Å². The molecule has 0 bridgehead atoms. The van der Waals surface area contributed by atoms with Crippen LogP contribution in [0.1, 0.15) is 20.7 Å². The van der Waals surface area contributed by atoms with Gasteiger partial charge in [0.05, 0.1) is 29.8 Å². The third-order valence-corrected chi connectivity index (χ3v) is 2.48. The van der Waals surface area contributed by atoms with Crippen molar-refractivity contribution in [3.63, 3.8) is 0 Å². The summed E-state index contributed by atoms with van der Waals surface area (Å²) in [5, 5.41) is 0. The Morgan fingerprint density at radius 2 is 1.56 bits per heavy atom. The van der Waals surface area contributed by atoms with E-state index in [4.69, 9.17) is 0 Å². The largest absolute Gasteiger partial charge is 0.465 e. The molecule has 6 heteroatoms. The second-order valence-electron chi connectivity index (χ2n) is 2.80. The number of carbonyl (C=O) groups excluding carboxylic acids is 2. The molecule has 4 nitrogen and oxygen atoms in total. The number of hydrogen-bond donors (Lipinski definition) is 0. The maximum Gasteiger partial charge on any atom is 0.338 e. The van der Waals surface area contributed by atoms with Gasteiger partial charge in [-0.3, -0.25) is 0 Å². The Hall–Kier alpha value is -1.43. The zero-order valence-electron chi connectivity index (χ0n) is 8.54. The summed E-state index contributed by atoms with van der Waals surface area (Å²) in [7, 11) is 2.31. The van der Waals surface area contributed by atoms with E-state index in [1.165, 1.54) is 13.2 Å². The second-order valence-corrected chi connectivity index (χ2v) is 3.65. The fourth-order valence-electron chi connectivity index (χ4n) is 1.10. The molecule has 0 aliphatic rings. The summed E-state index contributed by atoms with van der Waals surface area (Å²) < 4.78 is 22.2. The monoisotopic (exact) mass is 290 g/mol. The first-order valence-electron chi connectivity index (χ1n) is 4.17. The number of carbonyl (C=O) groups is 2. The maximum atomic E-state index is 13.2. The number of methoxy groups -OCH3 is 2. The quantitative estimate of drug-likeness (QED) is 0.784. The van der Waals surface area contributed by atoms with Crippen LogP contribution < -0.4 is 0 Å². The Balaban J connectivity index is 3.38. The van der Waals surface area contributed by atoms with Crippen LogP contribution in [0.3, 0.4) is 0 Å². The molecule has 0 saturated carbocycles. The van der Waals surface area contributed by atoms with E-state index in [1.54, 1.807) is 0 Å². The van der Waals surface area contributed by atoms with Crippen LogP contribution in [0.25, 0.3) is 0 Å². The number of hydrogen-bond acceptors (Lipinski definition) is 4. The van der Waals surface area contributed by atoms with Crippen molar-refractivity contribution in [2.24, 2.45) is 0 Å². The molecule has 0 spiro atoms. The molecule has 0 unspecified atom stereocenters. The van der Waals surface area contributed by atoms with Crippen molar-refractivity contribution in [1.82, 2.24) is 0 Å². The molecule has 16 heavy (non-hydrogen) atoms. The molecular formula is C10H8BrFO4. The first kappa shape index (κ1) is 12.6. The van der Waals surface area contributed by atoms with Gasteiger partial charge in [-0.2, -0.15) is 0 Å². The molecule has 0 aromatic heterocycles. The van der Waals surface area contributed by atoms with E-state index in [0.29, 0.717) is 0 Å². The lowest BCUT2D eigenvalue weighted by atomic mass is 10.1. The van der Waals surface area contributed by atoms with Crippen LogP contribution in [0.15, 0.2) is 16.6 Å². The molecule has 0 atom stereocenters. The average molecular weight is 291 g/mol. The van der Waals surface area contributed by atoms with Crippen molar-refractivity contribution < 1.29 is 23.5 Å². The highest BCUT2D eigenvalue weighted by atomic mass is 79.9. The van der Waals surface area contributed by atoms with Gasteiger partial charge in [-0.05, 0) is 28.1 Å². The smallest absolute Gasteiger partial charge is 0.338 e. The summed E-state index contributed by atoms with van der Waals surface area (Å²) in [5.41, 5.74) is -0.224. The molecule has 86 valence electrons. The van der Waals surface area contributed by atoms with Crippen LogP contribution in [0.5, 0.6) is 0 Å². The molecule has 0 aliphatic carbocycles. The summed E-state index contributed by atoms with van der Waals surface area (Å²) in [6, 6.07) is 2.09. The van der Waals surface area contributed by atoms with Crippen molar-refractivity contribution in [3.05, 3.63) is 33.5 Å². The Morgan fingerprint density at radius 3 is 2.00 bits per heavy atom. The predicted octanol–water partition coefficient (Wildman–Crippen LogP) is 2.16. The van der Waals surface area contributed by atoms with Crippen LogP contribution in [0, 0.1) is 5.82 Å². The Labute approximate surface area is 99.5 Å². The number of ether oxygens (including phenoxy) is 2. The van der Waals surface area contributed by atoms with Crippen LogP contribution in [-0.2, 0) is 9.47 Å². The van der Waals surface area contributed by atoms with E-state index in [0.717, 1.165) is 13.2 Å². The summed E-state index contributed by atoms with van der Waals surface area (Å²) in [6.07, 6.45) is 0. The fraction of sp³-hybridized carbons (Fsp3) is 0.200. The zero-order chi connectivity index (χ0) is 12.3. The molecule has 1 rings (SSSR count). The van der Waals surface area contributed by atoms with Crippen molar-refractivity contribution in [3.8, 4) is 0 Å². The van der Waals surface area contributed by atoms with Gasteiger partial charge in [0.25, 0.3) is 0 Å². The van der Waals surface area contributed by atoms with Crippen molar-refractivity contribution in [1.29, 1.82) is 0 Å². The summed E-state index contributed by atoms with van der Waals surface area (Å²) in [4.78, 5) is 22.7. The van der Waals surface area contributed by atoms with Gasteiger partial charge in [0.1, 0.15) is 5.82 Å². The molecule has 0 radical (unpaired) electrons. The lowest BCUT2D eigenvalue weighted by Gasteiger charge is -2.07. The summed E-state index contributed by atoms with van der Waals surface area (Å²) in [6.45, 7) is 0. The lowest BCUT2D eigenvalue weighted by Crippen LogP contribution is -2.12. The summed E-state index contributed by atoms with van der Waals surface area (Å²) >= 11 is 2.91. The Morgan fingerprint density at radius 1 is 1.12 bits per heavy atom. The van der Waals surface area contributed by atoms with E-state index in [2.05, 4.69) is 25.4 Å². The third-order valence-electron chi connectivity index (χ3n) is 1.87. The van der Waals surface area contributed by atoms with Gasteiger partial charge in [-0.15, -0.1) is 0 Å². The van der Waals surface area contributed by atoms with Gasteiger partial charge >= 0.3 is 11.9 Å². The predicted molar refractivity (Wildman–Crippen MR) is 56.8 cm³/mol. The highest BCUT2D eigenvalue weighted by molar-refractivity contribution is 9.10. The van der Waals surface area contributed by atoms with Gasteiger partial charge in [0.15, 0.2) is 0 Å². The van der Waals surface area contributed by atoms with Crippen LogP contribution in [0.4, 0.5) is 4.39 Å². The highest BCUT2D eigenvalue weighted by Crippen LogP contribution is 2.22. The minimum atomic E-state index is -0.799. The van der Waals surface area contributed by atoms with E-state index in [-0.39, 0.29) is 15.6 Å². The first-order valence-corrected chi connectivity index (χ1v) is 4.96. The second kappa shape index (κ2) is 5.07. The summed E-state index contributed by atoms with van der Waals surface area (Å²) in [5.74, 6) is -2.19. The number of rotatable bonds is 2. The molecule has 1 aromatic carbocycles. The van der Waals surface area contributed by atoms with E-state index in [9.17, 15) is 14.0 Å². The van der Waals surface area contributed by atoms with Gasteiger partial charge in [-0.1, -0.05) is 0 Å². The van der Waals surface area contributed by atoms with Crippen LogP contribution in [0.2, 0.25) is 0 Å². The number of halogens is 2. The SMILES string of the molecule is COC(=O)c1cc(F)c(Br)cc1C(=O)OC. The third kappa shape index (κ3) is 2.38. The average Bonchev–Trinajstić information content (AvgIpc) is 2.30. The van der Waals surface area contributed by atoms with E-state index in [1.807, 2.05) is 0 Å². The standard InChI is InChI=1S/C10H8BrFO4/c1-15-9(13)5-3-7(11)8(12)4-6(5)10(14)16-2/h3-4H,1-2H3. The number of benzene rings is 1. The van der Waals surface area contributed by atoms with Crippen molar-refractivity contribution >= 4 is 27.9 Å². The van der Waals surface area contributed by atoms with Gasteiger partial charge in [0, 0.05) is 0 Å². The molecule has 1 aromatic rings. The molecular weight excluding hydrogens is 283 g/mol. The molecule has 0 heterocycles. The first-order chi connectivity index (χ1) is 7.51.